The third-order valence-corrected chi connectivity index (χ3v) is 2.13. The largest absolute Gasteiger partial charge is 0.491 e. The Labute approximate surface area is 118 Å². The monoisotopic (exact) mass is 267 g/mol. The highest BCUT2D eigenvalue weighted by Gasteiger charge is 2.27. The molecule has 3 heteroatoms. The molecule has 0 amide bonds. The number of rotatable bonds is 2. The Bertz CT molecular complexity index is 328. The molecule has 0 aromatic heterocycles. The number of Topliss-reactive ketones (excluding diaryl/α,β-unsaturated/α-hetero) is 1. The minimum atomic E-state index is -0.532. The second-order valence-electron chi connectivity index (χ2n) is 3.36. The van der Waals surface area contributed by atoms with Gasteiger partial charge in [-0.2, -0.15) is 0 Å². The lowest BCUT2D eigenvalue weighted by atomic mass is 9.99. The van der Waals surface area contributed by atoms with Crippen LogP contribution in [0.3, 0.4) is 0 Å². The number of hydrogen-bond donors (Lipinski definition) is 1. The lowest BCUT2D eigenvalue weighted by Gasteiger charge is -2.23. The average molecular weight is 267 g/mol. The van der Waals surface area contributed by atoms with Gasteiger partial charge < -0.3 is 10.5 Å². The van der Waals surface area contributed by atoms with E-state index in [2.05, 4.69) is 0 Å². The molecule has 0 aromatic rings. The van der Waals surface area contributed by atoms with E-state index in [1.54, 1.807) is 6.08 Å². The summed E-state index contributed by atoms with van der Waals surface area (Å²) < 4.78 is 5.42. The highest BCUT2D eigenvalue weighted by Crippen LogP contribution is 2.20. The van der Waals surface area contributed by atoms with E-state index < -0.39 is 6.04 Å². The molecular formula is C16H29NO2. The van der Waals surface area contributed by atoms with E-state index in [1.165, 1.54) is 0 Å². The quantitative estimate of drug-likeness (QED) is 0.775. The van der Waals surface area contributed by atoms with Crippen molar-refractivity contribution in [1.82, 2.24) is 0 Å². The molecule has 0 spiro atoms. The fourth-order valence-electron chi connectivity index (χ4n) is 1.37. The fourth-order valence-corrected chi connectivity index (χ4v) is 1.37. The van der Waals surface area contributed by atoms with Crippen LogP contribution in [0.2, 0.25) is 0 Å². The Morgan fingerprint density at radius 3 is 2.37 bits per heavy atom. The Morgan fingerprint density at radius 2 is 1.89 bits per heavy atom. The van der Waals surface area contributed by atoms with Crippen LogP contribution in [-0.4, -0.2) is 18.4 Å². The molecule has 0 bridgehead atoms. The molecule has 2 N–H and O–H groups in total. The molecule has 1 fully saturated rings. The van der Waals surface area contributed by atoms with Gasteiger partial charge in [-0.25, -0.2) is 0 Å². The Hall–Kier alpha value is -1.35. The van der Waals surface area contributed by atoms with E-state index >= 15 is 0 Å². The highest BCUT2D eigenvalue weighted by molar-refractivity contribution is 6.03. The normalized spacial score (nSPS) is 22.5. The molecular weight excluding hydrogens is 238 g/mol. The Morgan fingerprint density at radius 1 is 1.32 bits per heavy atom. The molecule has 1 aliphatic rings. The first kappa shape index (κ1) is 20.0. The molecule has 1 saturated heterocycles. The average Bonchev–Trinajstić information content (AvgIpc) is 2.47. The van der Waals surface area contributed by atoms with Gasteiger partial charge in [0.2, 0.25) is 0 Å². The zero-order valence-corrected chi connectivity index (χ0v) is 13.2. The summed E-state index contributed by atoms with van der Waals surface area (Å²) in [5.41, 5.74) is 6.21. The second-order valence-corrected chi connectivity index (χ2v) is 3.36. The molecule has 110 valence electrons. The minimum Gasteiger partial charge on any atom is -0.491 e. The van der Waals surface area contributed by atoms with Crippen LogP contribution in [0.15, 0.2) is 35.6 Å². The summed E-state index contributed by atoms with van der Waals surface area (Å²) in [6.07, 6.45) is 8.18. The van der Waals surface area contributed by atoms with Crippen molar-refractivity contribution >= 4 is 5.78 Å². The smallest absolute Gasteiger partial charge is 0.186 e. The van der Waals surface area contributed by atoms with Crippen molar-refractivity contribution in [2.45, 2.75) is 54.0 Å². The van der Waals surface area contributed by atoms with Crippen molar-refractivity contribution in [1.29, 1.82) is 0 Å². The third-order valence-electron chi connectivity index (χ3n) is 2.13. The standard InChI is InChI=1S/C12H17NO2.2C2H6/c1-3-5-7-9-11(6-4-2)15-8-10(13)12(9)14;2*1-2/h3,5-7,10H,4,8,13H2,1-2H3;2*1-2H3/b5-3-,9-7+,11-6+;;. The Balaban J connectivity index is 0. The van der Waals surface area contributed by atoms with Gasteiger partial charge in [0.1, 0.15) is 18.4 Å². The molecule has 0 radical (unpaired) electrons. The topological polar surface area (TPSA) is 52.3 Å². The SMILES string of the molecule is CC.CC.C\C=C/C=C1/C(=O)C(N)CO/C1=C/CC. The summed E-state index contributed by atoms with van der Waals surface area (Å²) in [5, 5.41) is 0. The molecule has 1 atom stereocenters. The summed E-state index contributed by atoms with van der Waals surface area (Å²) in [5.74, 6) is 0.612. The first-order valence-electron chi connectivity index (χ1n) is 7.16. The predicted molar refractivity (Wildman–Crippen MR) is 82.9 cm³/mol. The van der Waals surface area contributed by atoms with Gasteiger partial charge in [0, 0.05) is 0 Å². The van der Waals surface area contributed by atoms with Gasteiger partial charge in [-0.3, -0.25) is 4.79 Å². The molecule has 0 saturated carbocycles. The maximum absolute atomic E-state index is 11.8. The van der Waals surface area contributed by atoms with Crippen molar-refractivity contribution in [3.63, 3.8) is 0 Å². The van der Waals surface area contributed by atoms with Gasteiger partial charge in [0.15, 0.2) is 5.78 Å². The van der Waals surface area contributed by atoms with Crippen molar-refractivity contribution in [3.05, 3.63) is 35.6 Å². The Kier molecular flexibility index (Phi) is 13.8. The van der Waals surface area contributed by atoms with E-state index in [1.807, 2.05) is 59.8 Å². The third kappa shape index (κ3) is 6.97. The lowest BCUT2D eigenvalue weighted by molar-refractivity contribution is -0.119. The van der Waals surface area contributed by atoms with Gasteiger partial charge in [0.05, 0.1) is 5.57 Å². The molecule has 1 rings (SSSR count). The summed E-state index contributed by atoms with van der Waals surface area (Å²) in [6, 6.07) is -0.532. The zero-order chi connectivity index (χ0) is 15.3. The maximum atomic E-state index is 11.8. The number of carbonyl (C=O) groups excluding carboxylic acids is 1. The number of nitrogens with two attached hydrogens (primary N) is 1. The molecule has 1 unspecified atom stereocenters. The van der Waals surface area contributed by atoms with Crippen LogP contribution in [0.25, 0.3) is 0 Å². The number of carbonyl (C=O) groups is 1. The van der Waals surface area contributed by atoms with Crippen LogP contribution in [-0.2, 0) is 9.53 Å². The number of hydrogen-bond acceptors (Lipinski definition) is 3. The fraction of sp³-hybridized carbons (Fsp3) is 0.562. The van der Waals surface area contributed by atoms with Crippen LogP contribution in [0.4, 0.5) is 0 Å². The van der Waals surface area contributed by atoms with Crippen molar-refractivity contribution in [2.24, 2.45) is 5.73 Å². The van der Waals surface area contributed by atoms with Gasteiger partial charge in [-0.1, -0.05) is 46.8 Å². The van der Waals surface area contributed by atoms with Gasteiger partial charge in [0.25, 0.3) is 0 Å². The van der Waals surface area contributed by atoms with Crippen LogP contribution in [0.5, 0.6) is 0 Å². The van der Waals surface area contributed by atoms with Gasteiger partial charge >= 0.3 is 0 Å². The minimum absolute atomic E-state index is 0.0425. The first-order valence-corrected chi connectivity index (χ1v) is 7.16. The molecule has 0 aromatic carbocycles. The summed E-state index contributed by atoms with van der Waals surface area (Å²) in [6.45, 7) is 12.2. The van der Waals surface area contributed by atoms with E-state index in [0.717, 1.165) is 6.42 Å². The number of ketones is 1. The van der Waals surface area contributed by atoms with Crippen LogP contribution >= 0.6 is 0 Å². The lowest BCUT2D eigenvalue weighted by Crippen LogP contribution is -2.40. The maximum Gasteiger partial charge on any atom is 0.186 e. The first-order chi connectivity index (χ1) is 9.20. The second kappa shape index (κ2) is 13.1. The predicted octanol–water partition coefficient (Wildman–Crippen LogP) is 3.76. The number of allylic oxidation sites excluding steroid dienone is 5. The van der Waals surface area contributed by atoms with E-state index in [4.69, 9.17) is 10.5 Å². The highest BCUT2D eigenvalue weighted by atomic mass is 16.5. The van der Waals surface area contributed by atoms with E-state index in [-0.39, 0.29) is 12.4 Å². The molecule has 1 aliphatic heterocycles. The molecule has 0 aliphatic carbocycles. The summed E-state index contributed by atoms with van der Waals surface area (Å²) in [4.78, 5) is 11.8. The van der Waals surface area contributed by atoms with Crippen LogP contribution in [0, 0.1) is 0 Å². The molecule has 1 heterocycles. The van der Waals surface area contributed by atoms with Gasteiger partial charge in [-0.15, -0.1) is 0 Å². The summed E-state index contributed by atoms with van der Waals surface area (Å²) in [7, 11) is 0. The van der Waals surface area contributed by atoms with Crippen LogP contribution < -0.4 is 5.73 Å². The van der Waals surface area contributed by atoms with Crippen molar-refractivity contribution in [2.75, 3.05) is 6.61 Å². The molecule has 3 nitrogen and oxygen atoms in total. The van der Waals surface area contributed by atoms with Crippen molar-refractivity contribution in [3.8, 4) is 0 Å². The van der Waals surface area contributed by atoms with E-state index in [9.17, 15) is 4.79 Å². The molecule has 19 heavy (non-hydrogen) atoms. The van der Waals surface area contributed by atoms with Crippen molar-refractivity contribution < 1.29 is 9.53 Å². The summed E-state index contributed by atoms with van der Waals surface area (Å²) >= 11 is 0. The van der Waals surface area contributed by atoms with E-state index in [0.29, 0.717) is 11.3 Å². The van der Waals surface area contributed by atoms with Crippen LogP contribution in [0.1, 0.15) is 48.0 Å². The number of ether oxygens (including phenoxy) is 1. The van der Waals surface area contributed by atoms with Gasteiger partial charge in [-0.05, 0) is 25.5 Å². The zero-order valence-electron chi connectivity index (χ0n) is 13.2.